The van der Waals surface area contributed by atoms with Gasteiger partial charge in [0, 0.05) is 19.1 Å². The zero-order valence-electron chi connectivity index (χ0n) is 13.2. The van der Waals surface area contributed by atoms with Crippen molar-refractivity contribution in [2.75, 3.05) is 18.4 Å². The maximum atomic E-state index is 13.0. The topological polar surface area (TPSA) is 58.1 Å². The number of anilines is 1. The lowest BCUT2D eigenvalue weighted by Gasteiger charge is -2.26. The smallest absolute Gasteiger partial charge is 0.264 e. The maximum Gasteiger partial charge on any atom is 0.264 e. The average Bonchev–Trinajstić information content (AvgIpc) is 3.27. The fourth-order valence-corrected chi connectivity index (χ4v) is 4.99. The van der Waals surface area contributed by atoms with Gasteiger partial charge in [0.1, 0.15) is 17.0 Å². The third kappa shape index (κ3) is 2.32. The van der Waals surface area contributed by atoms with E-state index in [1.54, 1.807) is 12.4 Å². The van der Waals surface area contributed by atoms with Gasteiger partial charge in [0.25, 0.3) is 5.91 Å². The lowest BCUT2D eigenvalue weighted by atomic mass is 10.1. The molecule has 0 radical (unpaired) electrons. The molecule has 1 saturated carbocycles. The number of aromatic nitrogens is 2. The summed E-state index contributed by atoms with van der Waals surface area (Å²) in [5.74, 6) is 1.67. The van der Waals surface area contributed by atoms with Gasteiger partial charge in [-0.15, -0.1) is 17.9 Å². The summed E-state index contributed by atoms with van der Waals surface area (Å²) in [6.45, 7) is 7.29. The van der Waals surface area contributed by atoms with Crippen LogP contribution < -0.4 is 5.32 Å². The molecule has 1 aliphatic carbocycles. The Morgan fingerprint density at radius 1 is 1.52 bits per heavy atom. The number of carbonyl (C=O) groups is 1. The van der Waals surface area contributed by atoms with E-state index in [0.29, 0.717) is 18.5 Å². The van der Waals surface area contributed by atoms with Crippen molar-refractivity contribution < 1.29 is 4.79 Å². The van der Waals surface area contributed by atoms with Crippen molar-refractivity contribution >= 4 is 33.3 Å². The monoisotopic (exact) mass is 328 g/mol. The molecule has 2 bridgehead atoms. The molecule has 4 rings (SSSR count). The number of hydrogen-bond acceptors (Lipinski definition) is 5. The van der Waals surface area contributed by atoms with Crippen LogP contribution in [-0.4, -0.2) is 39.9 Å². The minimum Gasteiger partial charge on any atom is -0.366 e. The standard InChI is InChI=1S/C17H20N4OS/c1-3-6-18-15-13-10(2)14(23-16(13)20-9-19-15)17(22)21-8-11-4-5-12(21)7-11/h3,9,11-12H,1,4-8H2,2H3,(H,18,19,20). The summed E-state index contributed by atoms with van der Waals surface area (Å²) in [5.41, 5.74) is 0.991. The van der Waals surface area contributed by atoms with E-state index in [4.69, 9.17) is 0 Å². The van der Waals surface area contributed by atoms with E-state index in [2.05, 4.69) is 26.8 Å². The molecule has 0 aromatic carbocycles. The number of piperidine rings is 1. The second-order valence-corrected chi connectivity index (χ2v) is 7.42. The van der Waals surface area contributed by atoms with E-state index in [-0.39, 0.29) is 5.91 Å². The molecule has 2 unspecified atom stereocenters. The minimum absolute atomic E-state index is 0.173. The van der Waals surface area contributed by atoms with E-state index in [9.17, 15) is 4.79 Å². The van der Waals surface area contributed by atoms with Gasteiger partial charge in [-0.2, -0.15) is 0 Å². The third-order valence-electron chi connectivity index (χ3n) is 5.00. The van der Waals surface area contributed by atoms with Crippen molar-refractivity contribution in [1.29, 1.82) is 0 Å². The molecule has 5 nitrogen and oxygen atoms in total. The summed E-state index contributed by atoms with van der Waals surface area (Å²) in [7, 11) is 0. The Morgan fingerprint density at radius 2 is 2.39 bits per heavy atom. The molecule has 0 spiro atoms. The van der Waals surface area contributed by atoms with Crippen molar-refractivity contribution in [3.8, 4) is 0 Å². The number of carbonyl (C=O) groups excluding carboxylic acids is 1. The minimum atomic E-state index is 0.173. The average molecular weight is 328 g/mol. The Morgan fingerprint density at radius 3 is 3.09 bits per heavy atom. The van der Waals surface area contributed by atoms with Crippen LogP contribution in [0.3, 0.4) is 0 Å². The highest BCUT2D eigenvalue weighted by Gasteiger charge is 2.41. The summed E-state index contributed by atoms with van der Waals surface area (Å²) < 4.78 is 0. The van der Waals surface area contributed by atoms with Gasteiger partial charge in [0.15, 0.2) is 0 Å². The number of amides is 1. The summed E-state index contributed by atoms with van der Waals surface area (Å²) in [4.78, 5) is 25.5. The molecular weight excluding hydrogens is 308 g/mol. The molecule has 6 heteroatoms. The van der Waals surface area contributed by atoms with Crippen molar-refractivity contribution in [2.24, 2.45) is 5.92 Å². The highest BCUT2D eigenvalue weighted by atomic mass is 32.1. The molecule has 2 aromatic rings. The molecule has 2 fully saturated rings. The Labute approximate surface area is 139 Å². The van der Waals surface area contributed by atoms with Gasteiger partial charge in [-0.05, 0) is 37.7 Å². The first-order chi connectivity index (χ1) is 11.2. The van der Waals surface area contributed by atoms with Crippen LogP contribution in [0.5, 0.6) is 0 Å². The molecule has 1 saturated heterocycles. The molecule has 23 heavy (non-hydrogen) atoms. The van der Waals surface area contributed by atoms with E-state index in [1.165, 1.54) is 24.2 Å². The number of nitrogens with zero attached hydrogens (tertiary/aromatic N) is 3. The van der Waals surface area contributed by atoms with E-state index in [1.807, 2.05) is 6.92 Å². The first kappa shape index (κ1) is 14.6. The predicted octanol–water partition coefficient (Wildman–Crippen LogP) is 3.22. The van der Waals surface area contributed by atoms with Crippen LogP contribution in [0.4, 0.5) is 5.82 Å². The van der Waals surface area contributed by atoms with Crippen LogP contribution in [0.25, 0.3) is 10.2 Å². The summed E-state index contributed by atoms with van der Waals surface area (Å²) in [5, 5.41) is 4.20. The van der Waals surface area contributed by atoms with E-state index < -0.39 is 0 Å². The molecule has 1 amide bonds. The molecule has 2 aliphatic rings. The largest absolute Gasteiger partial charge is 0.366 e. The second kappa shape index (κ2) is 5.60. The van der Waals surface area contributed by atoms with Crippen LogP contribution in [0.2, 0.25) is 0 Å². The maximum absolute atomic E-state index is 13.0. The SMILES string of the molecule is C=CCNc1ncnc2sc(C(=O)N3CC4CCC3C4)c(C)c12. The quantitative estimate of drug-likeness (QED) is 0.876. The molecule has 120 valence electrons. The van der Waals surface area contributed by atoms with Crippen LogP contribution >= 0.6 is 11.3 Å². The van der Waals surface area contributed by atoms with Crippen molar-refractivity contribution in [2.45, 2.75) is 32.2 Å². The van der Waals surface area contributed by atoms with Gasteiger partial charge in [0.05, 0.1) is 10.3 Å². The lowest BCUT2D eigenvalue weighted by Crippen LogP contribution is -2.37. The number of hydrogen-bond donors (Lipinski definition) is 1. The molecule has 1 N–H and O–H groups in total. The van der Waals surface area contributed by atoms with Crippen LogP contribution in [0, 0.1) is 12.8 Å². The van der Waals surface area contributed by atoms with Gasteiger partial charge in [-0.1, -0.05) is 6.08 Å². The van der Waals surface area contributed by atoms with Crippen LogP contribution in [0.1, 0.15) is 34.5 Å². The third-order valence-corrected chi connectivity index (χ3v) is 6.19. The lowest BCUT2D eigenvalue weighted by molar-refractivity contribution is 0.0708. The first-order valence-electron chi connectivity index (χ1n) is 8.09. The van der Waals surface area contributed by atoms with Crippen LogP contribution in [0.15, 0.2) is 19.0 Å². The van der Waals surface area contributed by atoms with E-state index >= 15 is 0 Å². The van der Waals surface area contributed by atoms with Gasteiger partial charge in [-0.25, -0.2) is 9.97 Å². The molecular formula is C17H20N4OS. The molecule has 2 atom stereocenters. The highest BCUT2D eigenvalue weighted by molar-refractivity contribution is 7.20. The summed E-state index contributed by atoms with van der Waals surface area (Å²) >= 11 is 1.49. The Hall–Kier alpha value is -1.95. The number of aryl methyl sites for hydroxylation is 1. The zero-order valence-corrected chi connectivity index (χ0v) is 14.0. The van der Waals surface area contributed by atoms with Crippen molar-refractivity contribution in [3.63, 3.8) is 0 Å². The molecule has 1 aliphatic heterocycles. The Bertz CT molecular complexity index is 784. The summed E-state index contributed by atoms with van der Waals surface area (Å²) in [6.07, 6.45) is 6.97. The fourth-order valence-electron chi connectivity index (χ4n) is 3.88. The van der Waals surface area contributed by atoms with Gasteiger partial charge < -0.3 is 10.2 Å². The molecule has 2 aromatic heterocycles. The van der Waals surface area contributed by atoms with Crippen molar-refractivity contribution in [1.82, 2.24) is 14.9 Å². The van der Waals surface area contributed by atoms with Crippen molar-refractivity contribution in [3.05, 3.63) is 29.4 Å². The van der Waals surface area contributed by atoms with Gasteiger partial charge >= 0.3 is 0 Å². The number of rotatable bonds is 4. The summed E-state index contributed by atoms with van der Waals surface area (Å²) in [6, 6.07) is 0.446. The van der Waals surface area contributed by atoms with Gasteiger partial charge in [0.2, 0.25) is 0 Å². The fraction of sp³-hybridized carbons (Fsp3) is 0.471. The van der Waals surface area contributed by atoms with E-state index in [0.717, 1.165) is 39.4 Å². The predicted molar refractivity (Wildman–Crippen MR) is 93.0 cm³/mol. The van der Waals surface area contributed by atoms with Crippen LogP contribution in [-0.2, 0) is 0 Å². The molecule has 3 heterocycles. The Kier molecular flexibility index (Phi) is 3.56. The number of nitrogens with one attached hydrogen (secondary N) is 1. The Balaban J connectivity index is 1.71. The van der Waals surface area contributed by atoms with Gasteiger partial charge in [-0.3, -0.25) is 4.79 Å². The number of likely N-dealkylation sites (tertiary alicyclic amines) is 1. The zero-order chi connectivity index (χ0) is 16.0. The second-order valence-electron chi connectivity index (χ2n) is 6.42. The highest BCUT2D eigenvalue weighted by Crippen LogP contribution is 2.40. The number of thiophene rings is 1. The normalized spacial score (nSPS) is 22.7. The first-order valence-corrected chi connectivity index (χ1v) is 8.90. The number of fused-ring (bicyclic) bond motifs is 3.